The van der Waals surface area contributed by atoms with E-state index in [0.717, 1.165) is 23.7 Å². The van der Waals surface area contributed by atoms with E-state index in [0.29, 0.717) is 6.04 Å². The predicted octanol–water partition coefficient (Wildman–Crippen LogP) is 2.04. The number of pyridine rings is 1. The van der Waals surface area contributed by atoms with Crippen LogP contribution in [-0.2, 0) is 6.54 Å². The minimum atomic E-state index is -0.357. The number of rotatable bonds is 6. The molecule has 0 radical (unpaired) electrons. The quantitative estimate of drug-likeness (QED) is 0.855. The lowest BCUT2D eigenvalue weighted by atomic mass is 10.1. The number of anilines is 1. The molecule has 5 heteroatoms. The second-order valence-corrected chi connectivity index (χ2v) is 6.38. The maximum absolute atomic E-state index is 9.62. The summed E-state index contributed by atoms with van der Waals surface area (Å²) in [5.74, 6) is 0.911. The van der Waals surface area contributed by atoms with E-state index in [4.69, 9.17) is 4.98 Å². The average molecular weight is 290 g/mol. The van der Waals surface area contributed by atoms with Crippen LogP contribution in [-0.4, -0.2) is 39.7 Å². The summed E-state index contributed by atoms with van der Waals surface area (Å²) in [5, 5.41) is 13.1. The Kier molecular flexibility index (Phi) is 4.54. The van der Waals surface area contributed by atoms with Gasteiger partial charge in [-0.3, -0.25) is 0 Å². The number of nitrogens with one attached hydrogen (secondary N) is 1. The normalized spacial score (nSPS) is 12.3. The fraction of sp³-hybridized carbons (Fsp3) is 0.562. The molecule has 2 rings (SSSR count). The van der Waals surface area contributed by atoms with E-state index in [2.05, 4.69) is 28.5 Å². The molecule has 2 aromatic rings. The largest absolute Gasteiger partial charge is 0.394 e. The van der Waals surface area contributed by atoms with Gasteiger partial charge in [0.05, 0.1) is 17.8 Å². The van der Waals surface area contributed by atoms with Gasteiger partial charge < -0.3 is 19.7 Å². The highest BCUT2D eigenvalue weighted by atomic mass is 16.3. The summed E-state index contributed by atoms with van der Waals surface area (Å²) in [6.07, 6.45) is 2.03. The molecule has 0 saturated carbocycles. The molecule has 2 aromatic heterocycles. The van der Waals surface area contributed by atoms with Crippen molar-refractivity contribution in [2.75, 3.05) is 18.6 Å². The highest BCUT2D eigenvalue weighted by Crippen LogP contribution is 2.26. The lowest BCUT2D eigenvalue weighted by Gasteiger charge is -2.35. The zero-order valence-electron chi connectivity index (χ0n) is 13.6. The first kappa shape index (κ1) is 15.8. The first-order valence-electron chi connectivity index (χ1n) is 7.41. The monoisotopic (exact) mass is 290 g/mol. The van der Waals surface area contributed by atoms with Crippen LogP contribution in [0.5, 0.6) is 0 Å². The van der Waals surface area contributed by atoms with Crippen LogP contribution < -0.4 is 10.2 Å². The molecule has 116 valence electrons. The number of likely N-dealkylation sites (N-methyl/N-ethyl adjacent to an activating group) is 1. The van der Waals surface area contributed by atoms with Crippen LogP contribution in [0.1, 0.15) is 33.4 Å². The summed E-state index contributed by atoms with van der Waals surface area (Å²) in [5.41, 5.74) is 1.68. The zero-order valence-corrected chi connectivity index (χ0v) is 13.6. The van der Waals surface area contributed by atoms with Gasteiger partial charge in [-0.05, 0) is 26.0 Å². The number of fused-ring (bicyclic) bond motifs is 1. The molecular weight excluding hydrogens is 264 g/mol. The van der Waals surface area contributed by atoms with Gasteiger partial charge in [0.25, 0.3) is 0 Å². The Balaban J connectivity index is 2.48. The topological polar surface area (TPSA) is 52.8 Å². The van der Waals surface area contributed by atoms with Crippen molar-refractivity contribution in [2.45, 2.75) is 45.8 Å². The number of aliphatic hydroxyl groups excluding tert-OH is 1. The SMILES string of the molecule is CC(C)NCc1c(N(C)C(C)(C)CO)nc2ccccn12. The lowest BCUT2D eigenvalue weighted by molar-refractivity contribution is 0.215. The van der Waals surface area contributed by atoms with Crippen molar-refractivity contribution in [3.63, 3.8) is 0 Å². The van der Waals surface area contributed by atoms with E-state index in [1.165, 1.54) is 0 Å². The second-order valence-electron chi connectivity index (χ2n) is 6.38. The van der Waals surface area contributed by atoms with Crippen molar-refractivity contribution >= 4 is 11.5 Å². The number of hydrogen-bond donors (Lipinski definition) is 2. The molecule has 0 bridgehead atoms. The Labute approximate surface area is 126 Å². The van der Waals surface area contributed by atoms with E-state index in [1.807, 2.05) is 45.3 Å². The fourth-order valence-corrected chi connectivity index (χ4v) is 2.16. The Bertz CT molecular complexity index is 603. The summed E-state index contributed by atoms with van der Waals surface area (Å²) in [7, 11) is 1.98. The first-order chi connectivity index (χ1) is 9.86. The van der Waals surface area contributed by atoms with Gasteiger partial charge in [-0.2, -0.15) is 0 Å². The molecule has 21 heavy (non-hydrogen) atoms. The highest BCUT2D eigenvalue weighted by molar-refractivity contribution is 5.56. The van der Waals surface area contributed by atoms with Gasteiger partial charge in [-0.15, -0.1) is 0 Å². The minimum Gasteiger partial charge on any atom is -0.394 e. The molecule has 0 aliphatic heterocycles. The van der Waals surface area contributed by atoms with Crippen molar-refractivity contribution in [3.05, 3.63) is 30.1 Å². The van der Waals surface area contributed by atoms with Crippen LogP contribution >= 0.6 is 0 Å². The van der Waals surface area contributed by atoms with E-state index < -0.39 is 0 Å². The van der Waals surface area contributed by atoms with Crippen molar-refractivity contribution in [3.8, 4) is 0 Å². The van der Waals surface area contributed by atoms with Crippen molar-refractivity contribution in [1.29, 1.82) is 0 Å². The van der Waals surface area contributed by atoms with Gasteiger partial charge in [0.1, 0.15) is 5.65 Å². The van der Waals surface area contributed by atoms with Crippen molar-refractivity contribution < 1.29 is 5.11 Å². The van der Waals surface area contributed by atoms with E-state index in [-0.39, 0.29) is 12.1 Å². The average Bonchev–Trinajstić information content (AvgIpc) is 2.82. The van der Waals surface area contributed by atoms with Crippen LogP contribution in [0.3, 0.4) is 0 Å². The van der Waals surface area contributed by atoms with Gasteiger partial charge in [0.2, 0.25) is 0 Å². The number of hydrogen-bond acceptors (Lipinski definition) is 4. The number of nitrogens with zero attached hydrogens (tertiary/aromatic N) is 3. The highest BCUT2D eigenvalue weighted by Gasteiger charge is 2.27. The molecular formula is C16H26N4O. The Morgan fingerprint density at radius 1 is 1.38 bits per heavy atom. The fourth-order valence-electron chi connectivity index (χ4n) is 2.16. The second kappa shape index (κ2) is 6.03. The summed E-state index contributed by atoms with van der Waals surface area (Å²) in [6, 6.07) is 6.41. The smallest absolute Gasteiger partial charge is 0.152 e. The Hall–Kier alpha value is -1.59. The van der Waals surface area contributed by atoms with Crippen LogP contribution in [0.2, 0.25) is 0 Å². The van der Waals surface area contributed by atoms with Crippen molar-refractivity contribution in [1.82, 2.24) is 14.7 Å². The molecule has 5 nitrogen and oxygen atoms in total. The summed E-state index contributed by atoms with van der Waals surface area (Å²) in [6.45, 7) is 9.10. The molecule has 0 unspecified atom stereocenters. The lowest BCUT2D eigenvalue weighted by Crippen LogP contribution is -2.45. The minimum absolute atomic E-state index is 0.0778. The first-order valence-corrected chi connectivity index (χ1v) is 7.41. The van der Waals surface area contributed by atoms with Crippen molar-refractivity contribution in [2.24, 2.45) is 0 Å². The molecule has 0 aliphatic rings. The number of imidazole rings is 1. The molecule has 0 saturated heterocycles. The van der Waals surface area contributed by atoms with E-state index >= 15 is 0 Å². The molecule has 0 aromatic carbocycles. The molecule has 2 N–H and O–H groups in total. The molecule has 0 fully saturated rings. The predicted molar refractivity (Wildman–Crippen MR) is 86.7 cm³/mol. The zero-order chi connectivity index (χ0) is 15.6. The summed E-state index contributed by atoms with van der Waals surface area (Å²) >= 11 is 0. The van der Waals surface area contributed by atoms with Crippen LogP contribution in [0.25, 0.3) is 5.65 Å². The van der Waals surface area contributed by atoms with Crippen LogP contribution in [0, 0.1) is 0 Å². The number of aromatic nitrogens is 2. The molecule has 0 amide bonds. The maximum atomic E-state index is 9.62. The molecule has 0 spiro atoms. The number of aliphatic hydroxyl groups is 1. The third-order valence-corrected chi connectivity index (χ3v) is 3.90. The molecule has 0 atom stereocenters. The summed E-state index contributed by atoms with van der Waals surface area (Å²) < 4.78 is 2.11. The van der Waals surface area contributed by atoms with Gasteiger partial charge in [-0.1, -0.05) is 19.9 Å². The van der Waals surface area contributed by atoms with Gasteiger partial charge in [0.15, 0.2) is 5.82 Å². The van der Waals surface area contributed by atoms with E-state index in [1.54, 1.807) is 0 Å². The van der Waals surface area contributed by atoms with Crippen LogP contribution in [0.15, 0.2) is 24.4 Å². The van der Waals surface area contributed by atoms with E-state index in [9.17, 15) is 5.11 Å². The third kappa shape index (κ3) is 3.19. The van der Waals surface area contributed by atoms with Gasteiger partial charge in [-0.25, -0.2) is 4.98 Å². The Morgan fingerprint density at radius 2 is 2.10 bits per heavy atom. The maximum Gasteiger partial charge on any atom is 0.152 e. The third-order valence-electron chi connectivity index (χ3n) is 3.90. The van der Waals surface area contributed by atoms with Crippen LogP contribution in [0.4, 0.5) is 5.82 Å². The molecule has 2 heterocycles. The van der Waals surface area contributed by atoms with Gasteiger partial charge in [0, 0.05) is 25.8 Å². The van der Waals surface area contributed by atoms with Gasteiger partial charge >= 0.3 is 0 Å². The summed E-state index contributed by atoms with van der Waals surface area (Å²) in [4.78, 5) is 6.80. The standard InChI is InChI=1S/C16H26N4O/c1-12(2)17-10-13-15(19(5)16(3,4)11-21)18-14-8-6-7-9-20(13)14/h6-9,12,17,21H,10-11H2,1-5H3. The Morgan fingerprint density at radius 3 is 2.71 bits per heavy atom. The molecule has 0 aliphatic carbocycles.